The van der Waals surface area contributed by atoms with Crippen molar-refractivity contribution in [1.29, 1.82) is 0 Å². The maximum Gasteiger partial charge on any atom is 0.304 e. The van der Waals surface area contributed by atoms with E-state index in [1.54, 1.807) is 23.4 Å². The van der Waals surface area contributed by atoms with Gasteiger partial charge in [0.25, 0.3) is 5.91 Å². The summed E-state index contributed by atoms with van der Waals surface area (Å²) in [5, 5.41) is 12.3. The quantitative estimate of drug-likeness (QED) is 0.309. The third kappa shape index (κ3) is 6.26. The largest absolute Gasteiger partial charge is 0.482 e. The topological polar surface area (TPSA) is 105 Å². The SMILES string of the molecule is O=C(O)CC(Sc1ccc2c(c1)OCC(=O)N2CCCCNc1ccccn1)c1ccccn1. The highest BCUT2D eigenvalue weighted by Gasteiger charge is 2.26. The maximum atomic E-state index is 12.5. The first kappa shape index (κ1) is 23.6. The highest BCUT2D eigenvalue weighted by atomic mass is 32.2. The van der Waals surface area contributed by atoms with E-state index in [0.717, 1.165) is 35.8 Å². The van der Waals surface area contributed by atoms with Crippen LogP contribution in [0.25, 0.3) is 0 Å². The number of aliphatic carboxylic acids is 1. The molecule has 1 unspecified atom stereocenters. The van der Waals surface area contributed by atoms with E-state index in [1.807, 2.05) is 48.5 Å². The fourth-order valence-corrected chi connectivity index (χ4v) is 4.81. The Labute approximate surface area is 202 Å². The third-order valence-electron chi connectivity index (χ3n) is 5.31. The van der Waals surface area contributed by atoms with E-state index in [9.17, 15) is 14.7 Å². The van der Waals surface area contributed by atoms with Gasteiger partial charge in [-0.2, -0.15) is 0 Å². The molecule has 0 bridgehead atoms. The van der Waals surface area contributed by atoms with Crippen LogP contribution < -0.4 is 15.0 Å². The molecule has 1 aliphatic rings. The number of amides is 1. The van der Waals surface area contributed by atoms with E-state index < -0.39 is 5.97 Å². The fraction of sp³-hybridized carbons (Fsp3) is 0.280. The molecule has 0 radical (unpaired) electrons. The molecule has 2 N–H and O–H groups in total. The van der Waals surface area contributed by atoms with E-state index >= 15 is 0 Å². The zero-order chi connectivity index (χ0) is 23.8. The van der Waals surface area contributed by atoms with Crippen LogP contribution in [0.15, 0.2) is 71.9 Å². The monoisotopic (exact) mass is 478 g/mol. The van der Waals surface area contributed by atoms with Gasteiger partial charge >= 0.3 is 5.97 Å². The predicted octanol–water partition coefficient (Wildman–Crippen LogP) is 4.40. The van der Waals surface area contributed by atoms with Crippen LogP contribution in [0.4, 0.5) is 11.5 Å². The minimum Gasteiger partial charge on any atom is -0.482 e. The number of aromatic nitrogens is 2. The molecule has 0 saturated carbocycles. The number of carboxylic acids is 1. The van der Waals surface area contributed by atoms with E-state index in [2.05, 4.69) is 15.3 Å². The van der Waals surface area contributed by atoms with Gasteiger partial charge in [0.05, 0.1) is 23.1 Å². The molecular formula is C25H26N4O4S. The van der Waals surface area contributed by atoms with Gasteiger partial charge in [-0.3, -0.25) is 14.6 Å². The van der Waals surface area contributed by atoms with Crippen molar-refractivity contribution in [2.45, 2.75) is 29.4 Å². The lowest BCUT2D eigenvalue weighted by molar-refractivity contribution is -0.137. The number of fused-ring (bicyclic) bond motifs is 1. The van der Waals surface area contributed by atoms with Gasteiger partial charge in [0, 0.05) is 30.4 Å². The minimum absolute atomic E-state index is 0.00784. The summed E-state index contributed by atoms with van der Waals surface area (Å²) in [6, 6.07) is 16.9. The summed E-state index contributed by atoms with van der Waals surface area (Å²) < 4.78 is 5.70. The van der Waals surface area contributed by atoms with Gasteiger partial charge in [-0.1, -0.05) is 12.1 Å². The van der Waals surface area contributed by atoms with Gasteiger partial charge in [-0.25, -0.2) is 4.98 Å². The second-order valence-corrected chi connectivity index (χ2v) is 9.05. The number of carbonyl (C=O) groups is 2. The van der Waals surface area contributed by atoms with Crippen LogP contribution >= 0.6 is 11.8 Å². The molecule has 3 aromatic rings. The lowest BCUT2D eigenvalue weighted by atomic mass is 10.2. The number of ether oxygens (including phenoxy) is 1. The van der Waals surface area contributed by atoms with Crippen molar-refractivity contribution in [3.63, 3.8) is 0 Å². The van der Waals surface area contributed by atoms with Crippen molar-refractivity contribution in [2.24, 2.45) is 0 Å². The van der Waals surface area contributed by atoms with Gasteiger partial charge in [0.15, 0.2) is 6.61 Å². The lowest BCUT2D eigenvalue weighted by Crippen LogP contribution is -2.39. The molecule has 0 fully saturated rings. The Morgan fingerprint density at radius 3 is 2.68 bits per heavy atom. The third-order valence-corrected chi connectivity index (χ3v) is 6.53. The number of pyridine rings is 2. The first-order valence-electron chi connectivity index (χ1n) is 11.1. The first-order chi connectivity index (χ1) is 16.6. The average Bonchev–Trinajstić information content (AvgIpc) is 2.85. The molecule has 0 saturated heterocycles. The van der Waals surface area contributed by atoms with Crippen LogP contribution in [0.1, 0.15) is 30.2 Å². The number of nitrogens with zero attached hydrogens (tertiary/aromatic N) is 3. The van der Waals surface area contributed by atoms with Gasteiger partial charge in [-0.05, 0) is 55.3 Å². The Bertz CT molecular complexity index is 1110. The number of hydrogen-bond acceptors (Lipinski definition) is 7. The van der Waals surface area contributed by atoms with Gasteiger partial charge in [-0.15, -0.1) is 11.8 Å². The van der Waals surface area contributed by atoms with Gasteiger partial charge < -0.3 is 20.1 Å². The first-order valence-corrected chi connectivity index (χ1v) is 12.0. The van der Waals surface area contributed by atoms with Crippen LogP contribution in [0.2, 0.25) is 0 Å². The van der Waals surface area contributed by atoms with Gasteiger partial charge in [0.1, 0.15) is 11.6 Å². The number of unbranched alkanes of at least 4 members (excludes halogenated alkanes) is 1. The number of carbonyl (C=O) groups excluding carboxylic acids is 1. The molecular weight excluding hydrogens is 452 g/mol. The van der Waals surface area contributed by atoms with E-state index in [1.165, 1.54) is 11.8 Å². The van der Waals surface area contributed by atoms with Crippen molar-refractivity contribution in [2.75, 3.05) is 29.9 Å². The molecule has 8 nitrogen and oxygen atoms in total. The standard InChI is InChI=1S/C25H26N4O4S/c30-24-17-33-21-15-18(34-22(16-25(31)32)19-7-1-3-11-26-19)9-10-20(21)29(24)14-6-5-13-28-23-8-2-4-12-27-23/h1-4,7-12,15,22H,5-6,13-14,16-17H2,(H,27,28)(H,31,32). The molecule has 1 amide bonds. The Kier molecular flexibility index (Phi) is 7.98. The summed E-state index contributed by atoms with van der Waals surface area (Å²) in [5.74, 6) is 0.521. The van der Waals surface area contributed by atoms with E-state index in [4.69, 9.17) is 4.74 Å². The summed E-state index contributed by atoms with van der Waals surface area (Å²) in [5.41, 5.74) is 1.45. The van der Waals surface area contributed by atoms with Crippen LogP contribution in [0.3, 0.4) is 0 Å². The number of nitrogens with one attached hydrogen (secondary N) is 1. The van der Waals surface area contributed by atoms with Crippen molar-refractivity contribution in [3.8, 4) is 5.75 Å². The van der Waals surface area contributed by atoms with Crippen molar-refractivity contribution < 1.29 is 19.4 Å². The fourth-order valence-electron chi connectivity index (χ4n) is 3.68. The number of hydrogen-bond donors (Lipinski definition) is 2. The molecule has 0 aliphatic carbocycles. The molecule has 1 aliphatic heterocycles. The number of thioether (sulfide) groups is 1. The minimum atomic E-state index is -0.883. The summed E-state index contributed by atoms with van der Waals surface area (Å²) in [6.07, 6.45) is 5.10. The second-order valence-electron chi connectivity index (χ2n) is 7.77. The van der Waals surface area contributed by atoms with Crippen molar-refractivity contribution >= 4 is 35.1 Å². The zero-order valence-corrected chi connectivity index (χ0v) is 19.4. The number of carboxylic acid groups (broad SMARTS) is 1. The molecule has 34 heavy (non-hydrogen) atoms. The Morgan fingerprint density at radius 2 is 1.94 bits per heavy atom. The van der Waals surface area contributed by atoms with Crippen LogP contribution in [0.5, 0.6) is 5.75 Å². The molecule has 9 heteroatoms. The number of anilines is 2. The van der Waals surface area contributed by atoms with E-state index in [-0.39, 0.29) is 24.2 Å². The normalized spacial score (nSPS) is 13.6. The molecule has 1 aromatic carbocycles. The smallest absolute Gasteiger partial charge is 0.304 e. The lowest BCUT2D eigenvalue weighted by Gasteiger charge is -2.30. The number of rotatable bonds is 11. The van der Waals surface area contributed by atoms with Crippen molar-refractivity contribution in [1.82, 2.24) is 9.97 Å². The summed E-state index contributed by atoms with van der Waals surface area (Å²) >= 11 is 1.43. The number of benzene rings is 1. The molecule has 3 heterocycles. The molecule has 0 spiro atoms. The molecule has 176 valence electrons. The summed E-state index contributed by atoms with van der Waals surface area (Å²) in [4.78, 5) is 35.1. The van der Waals surface area contributed by atoms with Crippen LogP contribution in [0, 0.1) is 0 Å². The Morgan fingerprint density at radius 1 is 1.12 bits per heavy atom. The van der Waals surface area contributed by atoms with Crippen LogP contribution in [-0.2, 0) is 9.59 Å². The summed E-state index contributed by atoms with van der Waals surface area (Å²) in [6.45, 7) is 1.36. The molecule has 1 atom stereocenters. The highest BCUT2D eigenvalue weighted by molar-refractivity contribution is 7.99. The Hall–Kier alpha value is -3.59. The van der Waals surface area contributed by atoms with E-state index in [0.29, 0.717) is 18.0 Å². The van der Waals surface area contributed by atoms with Gasteiger partial charge in [0.2, 0.25) is 0 Å². The highest BCUT2D eigenvalue weighted by Crippen LogP contribution is 2.41. The van der Waals surface area contributed by atoms with Crippen molar-refractivity contribution in [3.05, 3.63) is 72.7 Å². The Balaban J connectivity index is 1.38. The predicted molar refractivity (Wildman–Crippen MR) is 131 cm³/mol. The molecule has 4 rings (SSSR count). The second kappa shape index (κ2) is 11.5. The van der Waals surface area contributed by atoms with Crippen LogP contribution in [-0.4, -0.2) is 46.6 Å². The molecule has 2 aromatic heterocycles. The summed E-state index contributed by atoms with van der Waals surface area (Å²) in [7, 11) is 0. The average molecular weight is 479 g/mol. The zero-order valence-electron chi connectivity index (χ0n) is 18.6. The maximum absolute atomic E-state index is 12.5.